The van der Waals surface area contributed by atoms with Gasteiger partial charge in [-0.3, -0.25) is 4.79 Å². The summed E-state index contributed by atoms with van der Waals surface area (Å²) in [4.78, 5) is 12.6. The van der Waals surface area contributed by atoms with Gasteiger partial charge in [0.25, 0.3) is 0 Å². The third-order valence-corrected chi connectivity index (χ3v) is 5.16. The molecule has 0 aromatic heterocycles. The lowest BCUT2D eigenvalue weighted by atomic mass is 9.95. The molecule has 28 heavy (non-hydrogen) atoms. The first kappa shape index (κ1) is 20.7. The maximum atomic E-state index is 12.7. The summed E-state index contributed by atoms with van der Waals surface area (Å²) in [5.41, 5.74) is -0.489. The van der Waals surface area contributed by atoms with E-state index < -0.39 is 23.3 Å². The third kappa shape index (κ3) is 4.86. The number of benzene rings is 2. The van der Waals surface area contributed by atoms with E-state index in [0.29, 0.717) is 0 Å². The van der Waals surface area contributed by atoms with Crippen LogP contribution in [0.3, 0.4) is 0 Å². The molecule has 0 spiro atoms. The van der Waals surface area contributed by atoms with Crippen LogP contribution in [0.5, 0.6) is 5.75 Å². The van der Waals surface area contributed by atoms with Gasteiger partial charge in [0.1, 0.15) is 18.5 Å². The van der Waals surface area contributed by atoms with Crippen LogP contribution in [-0.2, 0) is 16.4 Å². The second-order valence-corrected chi connectivity index (χ2v) is 7.71. The Labute approximate surface area is 168 Å². The molecule has 0 radical (unpaired) electrons. The largest absolute Gasteiger partial charge is 0.491 e. The minimum Gasteiger partial charge on any atom is -0.491 e. The summed E-state index contributed by atoms with van der Waals surface area (Å²) in [7, 11) is 0. The van der Waals surface area contributed by atoms with E-state index in [0.717, 1.165) is 35.0 Å². The average molecular weight is 458 g/mol. The number of halogens is 4. The van der Waals surface area contributed by atoms with Crippen molar-refractivity contribution in [2.75, 3.05) is 13.2 Å². The van der Waals surface area contributed by atoms with E-state index in [2.05, 4.69) is 21.2 Å². The number of carbonyl (C=O) groups is 1. The highest BCUT2D eigenvalue weighted by Crippen LogP contribution is 2.48. The summed E-state index contributed by atoms with van der Waals surface area (Å²) in [6.45, 7) is -0.279. The summed E-state index contributed by atoms with van der Waals surface area (Å²) < 4.78 is 44.2. The van der Waals surface area contributed by atoms with E-state index in [4.69, 9.17) is 4.74 Å². The quantitative estimate of drug-likeness (QED) is 0.659. The van der Waals surface area contributed by atoms with Gasteiger partial charge in [0, 0.05) is 11.0 Å². The summed E-state index contributed by atoms with van der Waals surface area (Å²) in [6, 6.07) is 12.0. The number of nitrogens with one attached hydrogen (secondary N) is 1. The highest BCUT2D eigenvalue weighted by molar-refractivity contribution is 9.10. The molecule has 1 aliphatic carbocycles. The summed E-state index contributed by atoms with van der Waals surface area (Å²) in [5, 5.41) is 12.7. The van der Waals surface area contributed by atoms with Gasteiger partial charge in [0.15, 0.2) is 0 Å². The van der Waals surface area contributed by atoms with Gasteiger partial charge >= 0.3 is 6.18 Å². The van der Waals surface area contributed by atoms with Gasteiger partial charge in [-0.2, -0.15) is 13.2 Å². The van der Waals surface area contributed by atoms with Crippen molar-refractivity contribution in [2.24, 2.45) is 0 Å². The first-order valence-electron chi connectivity index (χ1n) is 8.73. The fourth-order valence-electron chi connectivity index (χ4n) is 2.95. The Balaban J connectivity index is 1.51. The highest BCUT2D eigenvalue weighted by atomic mass is 79.9. The van der Waals surface area contributed by atoms with Crippen molar-refractivity contribution in [1.82, 2.24) is 5.32 Å². The second kappa shape index (κ2) is 8.13. The first-order chi connectivity index (χ1) is 13.2. The monoisotopic (exact) mass is 457 g/mol. The van der Waals surface area contributed by atoms with Crippen LogP contribution in [0.25, 0.3) is 0 Å². The van der Waals surface area contributed by atoms with Crippen LogP contribution in [0.4, 0.5) is 13.2 Å². The molecule has 4 nitrogen and oxygen atoms in total. The topological polar surface area (TPSA) is 58.6 Å². The molecule has 1 aliphatic rings. The number of hydrogen-bond donors (Lipinski definition) is 2. The van der Waals surface area contributed by atoms with Crippen LogP contribution in [0.1, 0.15) is 24.0 Å². The SMILES string of the molecule is O=C(NCC(O)COc1cccc(C(F)(F)F)c1)C1(c2cccc(Br)c2)CC1. The van der Waals surface area contributed by atoms with Crippen LogP contribution >= 0.6 is 15.9 Å². The van der Waals surface area contributed by atoms with Gasteiger partial charge in [-0.25, -0.2) is 0 Å². The molecule has 3 rings (SSSR count). The Bertz CT molecular complexity index is 853. The van der Waals surface area contributed by atoms with Gasteiger partial charge in [0.2, 0.25) is 5.91 Å². The number of ether oxygens (including phenoxy) is 1. The number of hydrogen-bond acceptors (Lipinski definition) is 3. The Morgan fingerprint density at radius 2 is 1.93 bits per heavy atom. The minimum absolute atomic E-state index is 0.00741. The molecule has 1 unspecified atom stereocenters. The minimum atomic E-state index is -4.46. The van der Waals surface area contributed by atoms with Gasteiger partial charge in [0.05, 0.1) is 11.0 Å². The zero-order valence-corrected chi connectivity index (χ0v) is 16.4. The lowest BCUT2D eigenvalue weighted by Crippen LogP contribution is -2.40. The van der Waals surface area contributed by atoms with Gasteiger partial charge in [-0.1, -0.05) is 34.1 Å². The van der Waals surface area contributed by atoms with E-state index >= 15 is 0 Å². The molecular formula is C20H19BrF3NO3. The smallest absolute Gasteiger partial charge is 0.416 e. The molecular weight excluding hydrogens is 439 g/mol. The molecule has 0 saturated heterocycles. The average Bonchev–Trinajstić information content (AvgIpc) is 3.46. The van der Waals surface area contributed by atoms with E-state index in [-0.39, 0.29) is 24.8 Å². The molecule has 1 atom stereocenters. The lowest BCUT2D eigenvalue weighted by molar-refractivity contribution is -0.137. The molecule has 0 heterocycles. The standard InChI is InChI=1S/C20H19BrF3NO3/c21-15-5-1-3-13(9-15)19(7-8-19)18(27)25-11-16(26)12-28-17-6-2-4-14(10-17)20(22,23)24/h1-6,9-10,16,26H,7-8,11-12H2,(H,25,27). The third-order valence-electron chi connectivity index (χ3n) is 4.66. The molecule has 8 heteroatoms. The number of aliphatic hydroxyl groups is 1. The summed E-state index contributed by atoms with van der Waals surface area (Å²) in [5.74, 6) is -0.170. The number of aliphatic hydroxyl groups excluding tert-OH is 1. The molecule has 1 amide bonds. The van der Waals surface area contributed by atoms with Gasteiger partial charge < -0.3 is 15.2 Å². The Morgan fingerprint density at radius 3 is 2.57 bits per heavy atom. The van der Waals surface area contributed by atoms with Crippen LogP contribution in [0, 0.1) is 0 Å². The maximum absolute atomic E-state index is 12.7. The fourth-order valence-corrected chi connectivity index (χ4v) is 3.35. The van der Waals surface area contributed by atoms with Gasteiger partial charge in [-0.15, -0.1) is 0 Å². The molecule has 0 bridgehead atoms. The maximum Gasteiger partial charge on any atom is 0.416 e. The predicted molar refractivity (Wildman–Crippen MR) is 101 cm³/mol. The van der Waals surface area contributed by atoms with Crippen LogP contribution in [0.2, 0.25) is 0 Å². The normalized spacial score (nSPS) is 16.3. The van der Waals surface area contributed by atoms with Crippen molar-refractivity contribution in [3.8, 4) is 5.75 Å². The molecule has 2 N–H and O–H groups in total. The van der Waals surface area contributed by atoms with Crippen LogP contribution in [0.15, 0.2) is 53.0 Å². The Kier molecular flexibility index (Phi) is 6.00. The Hall–Kier alpha value is -2.06. The summed E-state index contributed by atoms with van der Waals surface area (Å²) >= 11 is 3.40. The lowest BCUT2D eigenvalue weighted by Gasteiger charge is -2.18. The molecule has 1 fully saturated rings. The second-order valence-electron chi connectivity index (χ2n) is 6.79. The predicted octanol–water partition coefficient (Wildman–Crippen LogP) is 4.06. The van der Waals surface area contributed by atoms with Crippen molar-refractivity contribution in [3.63, 3.8) is 0 Å². The van der Waals surface area contributed by atoms with Crippen molar-refractivity contribution < 1.29 is 27.8 Å². The summed E-state index contributed by atoms with van der Waals surface area (Å²) in [6.07, 6.45) is -4.05. The van der Waals surface area contributed by atoms with Crippen molar-refractivity contribution in [2.45, 2.75) is 30.5 Å². The number of alkyl halides is 3. The molecule has 1 saturated carbocycles. The highest BCUT2D eigenvalue weighted by Gasteiger charge is 2.51. The molecule has 2 aromatic rings. The van der Waals surface area contributed by atoms with Gasteiger partial charge in [-0.05, 0) is 48.7 Å². The van der Waals surface area contributed by atoms with Crippen LogP contribution in [-0.4, -0.2) is 30.3 Å². The van der Waals surface area contributed by atoms with Crippen molar-refractivity contribution in [1.29, 1.82) is 0 Å². The zero-order valence-electron chi connectivity index (χ0n) is 14.8. The Morgan fingerprint density at radius 1 is 1.21 bits per heavy atom. The van der Waals surface area contributed by atoms with Crippen LogP contribution < -0.4 is 10.1 Å². The fraction of sp³-hybridized carbons (Fsp3) is 0.350. The number of rotatable bonds is 7. The zero-order chi connectivity index (χ0) is 20.4. The number of amides is 1. The van der Waals surface area contributed by atoms with E-state index in [1.54, 1.807) is 0 Å². The first-order valence-corrected chi connectivity index (χ1v) is 9.52. The number of carbonyl (C=O) groups excluding carboxylic acids is 1. The van der Waals surface area contributed by atoms with E-state index in [9.17, 15) is 23.1 Å². The van der Waals surface area contributed by atoms with E-state index in [1.807, 2.05) is 24.3 Å². The van der Waals surface area contributed by atoms with Crippen molar-refractivity contribution >= 4 is 21.8 Å². The molecule has 2 aromatic carbocycles. The molecule has 0 aliphatic heterocycles. The molecule has 150 valence electrons. The van der Waals surface area contributed by atoms with Crippen molar-refractivity contribution in [3.05, 3.63) is 64.1 Å². The van der Waals surface area contributed by atoms with E-state index in [1.165, 1.54) is 12.1 Å².